The van der Waals surface area contributed by atoms with Gasteiger partial charge in [0.2, 0.25) is 0 Å². The van der Waals surface area contributed by atoms with Gasteiger partial charge in [0, 0.05) is 18.8 Å². The number of anilines is 1. The smallest absolute Gasteiger partial charge is 0.383 e. The van der Waals surface area contributed by atoms with Gasteiger partial charge in [-0.15, -0.1) is 0 Å². The SMILES string of the molecule is NCCNc1ccc(F)cc1C(F)(F)F. The Morgan fingerprint density at radius 1 is 1.27 bits per heavy atom. The van der Waals surface area contributed by atoms with Crippen LogP contribution in [0.25, 0.3) is 0 Å². The molecule has 15 heavy (non-hydrogen) atoms. The first kappa shape index (κ1) is 11.8. The minimum Gasteiger partial charge on any atom is -0.383 e. The van der Waals surface area contributed by atoms with E-state index in [1.165, 1.54) is 0 Å². The lowest BCUT2D eigenvalue weighted by Crippen LogP contribution is -2.17. The fourth-order valence-corrected chi connectivity index (χ4v) is 1.11. The number of benzene rings is 1. The highest BCUT2D eigenvalue weighted by Crippen LogP contribution is 2.35. The van der Waals surface area contributed by atoms with Crippen molar-refractivity contribution in [3.63, 3.8) is 0 Å². The van der Waals surface area contributed by atoms with E-state index in [0.29, 0.717) is 6.07 Å². The van der Waals surface area contributed by atoms with Crippen molar-refractivity contribution < 1.29 is 17.6 Å². The van der Waals surface area contributed by atoms with Gasteiger partial charge in [0.05, 0.1) is 5.56 Å². The Hall–Kier alpha value is -1.30. The summed E-state index contributed by atoms with van der Waals surface area (Å²) in [5.41, 5.74) is 3.97. The first-order valence-electron chi connectivity index (χ1n) is 4.26. The number of nitrogens with two attached hydrogens (primary N) is 1. The molecule has 0 spiro atoms. The maximum absolute atomic E-state index is 12.6. The number of hydrogen-bond donors (Lipinski definition) is 2. The third-order valence-corrected chi connectivity index (χ3v) is 1.75. The van der Waals surface area contributed by atoms with Gasteiger partial charge in [-0.3, -0.25) is 0 Å². The second-order valence-electron chi connectivity index (χ2n) is 2.90. The molecule has 0 fully saturated rings. The van der Waals surface area contributed by atoms with Crippen LogP contribution in [0, 0.1) is 5.82 Å². The summed E-state index contributed by atoms with van der Waals surface area (Å²) >= 11 is 0. The first-order valence-corrected chi connectivity index (χ1v) is 4.26. The van der Waals surface area contributed by atoms with Crippen molar-refractivity contribution in [1.29, 1.82) is 0 Å². The Morgan fingerprint density at radius 3 is 2.47 bits per heavy atom. The number of hydrogen-bond acceptors (Lipinski definition) is 2. The van der Waals surface area contributed by atoms with Gasteiger partial charge >= 0.3 is 6.18 Å². The van der Waals surface area contributed by atoms with Gasteiger partial charge in [0.25, 0.3) is 0 Å². The molecule has 0 saturated carbocycles. The molecule has 0 aliphatic carbocycles. The second kappa shape index (κ2) is 4.48. The van der Waals surface area contributed by atoms with E-state index < -0.39 is 17.6 Å². The molecule has 0 atom stereocenters. The van der Waals surface area contributed by atoms with Crippen molar-refractivity contribution in [3.8, 4) is 0 Å². The molecule has 0 aliphatic heterocycles. The Kier molecular flexibility index (Phi) is 3.52. The summed E-state index contributed by atoms with van der Waals surface area (Å²) < 4.78 is 49.9. The van der Waals surface area contributed by atoms with Gasteiger partial charge in [-0.25, -0.2) is 4.39 Å². The largest absolute Gasteiger partial charge is 0.418 e. The van der Waals surface area contributed by atoms with Crippen molar-refractivity contribution in [1.82, 2.24) is 0 Å². The van der Waals surface area contributed by atoms with Crippen LogP contribution in [0.2, 0.25) is 0 Å². The van der Waals surface area contributed by atoms with Crippen LogP contribution in [-0.4, -0.2) is 13.1 Å². The molecule has 3 N–H and O–H groups in total. The topological polar surface area (TPSA) is 38.0 Å². The minimum atomic E-state index is -4.57. The van der Waals surface area contributed by atoms with E-state index in [4.69, 9.17) is 5.73 Å². The number of nitrogens with one attached hydrogen (secondary N) is 1. The van der Waals surface area contributed by atoms with E-state index in [1.54, 1.807) is 0 Å². The Morgan fingerprint density at radius 2 is 1.93 bits per heavy atom. The van der Waals surface area contributed by atoms with E-state index in [2.05, 4.69) is 5.32 Å². The van der Waals surface area contributed by atoms with Crippen LogP contribution in [0.4, 0.5) is 23.2 Å². The van der Waals surface area contributed by atoms with Crippen LogP contribution in [0.5, 0.6) is 0 Å². The molecule has 0 bridgehead atoms. The zero-order valence-electron chi connectivity index (χ0n) is 7.74. The zero-order chi connectivity index (χ0) is 11.5. The molecular weight excluding hydrogens is 212 g/mol. The van der Waals surface area contributed by atoms with Crippen LogP contribution in [0.1, 0.15) is 5.56 Å². The summed E-state index contributed by atoms with van der Waals surface area (Å²) in [5.74, 6) is -0.916. The minimum absolute atomic E-state index is 0.158. The molecule has 0 radical (unpaired) electrons. The lowest BCUT2D eigenvalue weighted by molar-refractivity contribution is -0.137. The van der Waals surface area contributed by atoms with Crippen molar-refractivity contribution >= 4 is 5.69 Å². The normalized spacial score (nSPS) is 11.5. The summed E-state index contributed by atoms with van der Waals surface area (Å²) in [6.07, 6.45) is -4.57. The molecule has 2 nitrogen and oxygen atoms in total. The van der Waals surface area contributed by atoms with Gasteiger partial charge < -0.3 is 11.1 Å². The van der Waals surface area contributed by atoms with Gasteiger partial charge in [-0.1, -0.05) is 0 Å². The third kappa shape index (κ3) is 3.09. The molecule has 6 heteroatoms. The summed E-state index contributed by atoms with van der Waals surface area (Å²) in [7, 11) is 0. The molecule has 1 rings (SSSR count). The highest BCUT2D eigenvalue weighted by molar-refractivity contribution is 5.52. The quantitative estimate of drug-likeness (QED) is 0.769. The summed E-state index contributed by atoms with van der Waals surface area (Å²) in [4.78, 5) is 0. The van der Waals surface area contributed by atoms with E-state index in [0.717, 1.165) is 12.1 Å². The predicted octanol–water partition coefficient (Wildman–Crippen LogP) is 2.22. The van der Waals surface area contributed by atoms with E-state index in [-0.39, 0.29) is 18.8 Å². The van der Waals surface area contributed by atoms with Crippen LogP contribution < -0.4 is 11.1 Å². The maximum atomic E-state index is 12.6. The fourth-order valence-electron chi connectivity index (χ4n) is 1.11. The molecule has 84 valence electrons. The molecule has 0 saturated heterocycles. The molecule has 0 aromatic heterocycles. The van der Waals surface area contributed by atoms with Crippen molar-refractivity contribution in [2.75, 3.05) is 18.4 Å². The number of halogens is 4. The standard InChI is InChI=1S/C9H10F4N2/c10-6-1-2-8(15-4-3-14)7(5-6)9(11,12)13/h1-2,5,15H,3-4,14H2. The lowest BCUT2D eigenvalue weighted by atomic mass is 10.1. The summed E-state index contributed by atoms with van der Waals surface area (Å²) in [6.45, 7) is 0.406. The zero-order valence-corrected chi connectivity index (χ0v) is 7.74. The Labute approximate surface area is 84.1 Å². The molecule has 1 aromatic carbocycles. The van der Waals surface area contributed by atoms with E-state index in [9.17, 15) is 17.6 Å². The van der Waals surface area contributed by atoms with Crippen molar-refractivity contribution in [2.24, 2.45) is 5.73 Å². The summed E-state index contributed by atoms with van der Waals surface area (Å²) in [6, 6.07) is 2.47. The number of rotatable bonds is 3. The molecular formula is C9H10F4N2. The van der Waals surface area contributed by atoms with Gasteiger partial charge in [0.1, 0.15) is 5.82 Å². The first-order chi connectivity index (χ1) is 6.95. The van der Waals surface area contributed by atoms with Crippen LogP contribution in [-0.2, 0) is 6.18 Å². The second-order valence-corrected chi connectivity index (χ2v) is 2.90. The van der Waals surface area contributed by atoms with E-state index in [1.807, 2.05) is 0 Å². The summed E-state index contributed by atoms with van der Waals surface area (Å²) in [5, 5.41) is 2.49. The third-order valence-electron chi connectivity index (χ3n) is 1.75. The maximum Gasteiger partial charge on any atom is 0.418 e. The average molecular weight is 222 g/mol. The monoisotopic (exact) mass is 222 g/mol. The number of alkyl halides is 3. The van der Waals surface area contributed by atoms with Crippen LogP contribution in [0.15, 0.2) is 18.2 Å². The highest BCUT2D eigenvalue weighted by Gasteiger charge is 2.33. The van der Waals surface area contributed by atoms with Crippen LogP contribution >= 0.6 is 0 Å². The van der Waals surface area contributed by atoms with E-state index >= 15 is 0 Å². The van der Waals surface area contributed by atoms with Gasteiger partial charge in [0.15, 0.2) is 0 Å². The Bertz CT molecular complexity index is 335. The van der Waals surface area contributed by atoms with Crippen LogP contribution in [0.3, 0.4) is 0 Å². The molecule has 0 amide bonds. The predicted molar refractivity (Wildman–Crippen MR) is 48.9 cm³/mol. The molecule has 1 aromatic rings. The van der Waals surface area contributed by atoms with Crippen molar-refractivity contribution in [3.05, 3.63) is 29.6 Å². The molecule has 0 aliphatic rings. The molecule has 0 unspecified atom stereocenters. The van der Waals surface area contributed by atoms with Crippen molar-refractivity contribution in [2.45, 2.75) is 6.18 Å². The fraction of sp³-hybridized carbons (Fsp3) is 0.333. The molecule has 0 heterocycles. The lowest BCUT2D eigenvalue weighted by Gasteiger charge is -2.13. The van der Waals surface area contributed by atoms with Gasteiger partial charge in [-0.05, 0) is 18.2 Å². The average Bonchev–Trinajstić information content (AvgIpc) is 2.14. The Balaban J connectivity index is 3.04. The highest BCUT2D eigenvalue weighted by atomic mass is 19.4. The van der Waals surface area contributed by atoms with Gasteiger partial charge in [-0.2, -0.15) is 13.2 Å².